The second-order valence-corrected chi connectivity index (χ2v) is 6.30. The molecule has 2 rings (SSSR count). The number of hydrogen-bond donors (Lipinski definition) is 1. The zero-order valence-electron chi connectivity index (χ0n) is 12.1. The molecule has 21 heavy (non-hydrogen) atoms. The highest BCUT2D eigenvalue weighted by atomic mass is 79.9. The van der Waals surface area contributed by atoms with Crippen molar-refractivity contribution in [1.82, 2.24) is 0 Å². The van der Waals surface area contributed by atoms with Gasteiger partial charge in [0.15, 0.2) is 0 Å². The molecule has 110 valence electrons. The van der Waals surface area contributed by atoms with Gasteiger partial charge in [-0.1, -0.05) is 27.5 Å². The van der Waals surface area contributed by atoms with Gasteiger partial charge in [0.25, 0.3) is 5.91 Å². The lowest BCUT2D eigenvalue weighted by atomic mass is 10.1. The second kappa shape index (κ2) is 6.50. The molecule has 0 heterocycles. The van der Waals surface area contributed by atoms with Gasteiger partial charge in [-0.05, 0) is 48.9 Å². The van der Waals surface area contributed by atoms with Gasteiger partial charge in [0.05, 0.1) is 10.6 Å². The molecular formula is C16H16BrClN2O. The number of hydrogen-bond acceptors (Lipinski definition) is 2. The molecule has 0 saturated carbocycles. The summed E-state index contributed by atoms with van der Waals surface area (Å²) in [5.74, 6) is -0.218. The molecule has 0 aromatic heterocycles. The van der Waals surface area contributed by atoms with Gasteiger partial charge >= 0.3 is 0 Å². The number of carbonyl (C=O) groups excluding carboxylic acids is 1. The molecule has 2 aromatic rings. The van der Waals surface area contributed by atoms with Crippen LogP contribution in [-0.4, -0.2) is 20.0 Å². The van der Waals surface area contributed by atoms with Crippen LogP contribution in [0.5, 0.6) is 0 Å². The molecule has 3 nitrogen and oxygen atoms in total. The SMILES string of the molecule is Cc1cc(NC(=O)c2ccc(Br)cc2Cl)ccc1N(C)C. The Morgan fingerprint density at radius 2 is 1.90 bits per heavy atom. The Hall–Kier alpha value is -1.52. The Kier molecular flexibility index (Phi) is 4.91. The fourth-order valence-corrected chi connectivity index (χ4v) is 2.87. The van der Waals surface area contributed by atoms with Crippen LogP contribution in [0.1, 0.15) is 15.9 Å². The quantitative estimate of drug-likeness (QED) is 0.850. The van der Waals surface area contributed by atoms with E-state index in [1.54, 1.807) is 18.2 Å². The third-order valence-electron chi connectivity index (χ3n) is 3.11. The zero-order valence-corrected chi connectivity index (χ0v) is 14.4. The maximum Gasteiger partial charge on any atom is 0.257 e. The first-order valence-corrected chi connectivity index (χ1v) is 7.60. The molecule has 0 aliphatic rings. The number of halogens is 2. The average molecular weight is 368 g/mol. The molecule has 5 heteroatoms. The van der Waals surface area contributed by atoms with E-state index >= 15 is 0 Å². The van der Waals surface area contributed by atoms with E-state index in [0.29, 0.717) is 10.6 Å². The van der Waals surface area contributed by atoms with Crippen molar-refractivity contribution in [2.75, 3.05) is 24.3 Å². The predicted molar refractivity (Wildman–Crippen MR) is 92.6 cm³/mol. The Bertz CT molecular complexity index is 686. The smallest absolute Gasteiger partial charge is 0.257 e. The van der Waals surface area contributed by atoms with Crippen molar-refractivity contribution in [3.8, 4) is 0 Å². The van der Waals surface area contributed by atoms with Gasteiger partial charge in [-0.3, -0.25) is 4.79 Å². The minimum absolute atomic E-state index is 0.218. The second-order valence-electron chi connectivity index (χ2n) is 4.97. The molecule has 1 N–H and O–H groups in total. The van der Waals surface area contributed by atoms with Crippen LogP contribution in [0, 0.1) is 6.92 Å². The summed E-state index contributed by atoms with van der Waals surface area (Å²) < 4.78 is 0.843. The lowest BCUT2D eigenvalue weighted by Gasteiger charge is -2.16. The summed E-state index contributed by atoms with van der Waals surface area (Å²) in [5.41, 5.74) is 3.42. The molecule has 0 bridgehead atoms. The standard InChI is InChI=1S/C16H16BrClN2O/c1-10-8-12(5-7-15(10)20(2)3)19-16(21)13-6-4-11(17)9-14(13)18/h4-9H,1-3H3,(H,19,21). The fraction of sp³-hybridized carbons (Fsp3) is 0.188. The molecular weight excluding hydrogens is 352 g/mol. The largest absolute Gasteiger partial charge is 0.377 e. The fourth-order valence-electron chi connectivity index (χ4n) is 2.11. The van der Waals surface area contributed by atoms with Crippen molar-refractivity contribution in [3.05, 3.63) is 57.0 Å². The molecule has 2 aromatic carbocycles. The molecule has 0 atom stereocenters. The number of carbonyl (C=O) groups is 1. The summed E-state index contributed by atoms with van der Waals surface area (Å²) in [7, 11) is 3.98. The van der Waals surface area contributed by atoms with E-state index in [-0.39, 0.29) is 5.91 Å². The first-order chi connectivity index (χ1) is 9.88. The van der Waals surface area contributed by atoms with Crippen molar-refractivity contribution >= 4 is 44.8 Å². The summed E-state index contributed by atoms with van der Waals surface area (Å²) in [6.07, 6.45) is 0. The number of rotatable bonds is 3. The predicted octanol–water partition coefficient (Wildman–Crippen LogP) is 4.73. The Morgan fingerprint density at radius 3 is 2.48 bits per heavy atom. The number of nitrogens with zero attached hydrogens (tertiary/aromatic N) is 1. The third-order valence-corrected chi connectivity index (χ3v) is 3.92. The lowest BCUT2D eigenvalue weighted by Crippen LogP contribution is -2.14. The topological polar surface area (TPSA) is 32.3 Å². The highest BCUT2D eigenvalue weighted by Gasteiger charge is 2.11. The molecule has 0 aliphatic carbocycles. The highest BCUT2D eigenvalue weighted by molar-refractivity contribution is 9.10. The normalized spacial score (nSPS) is 10.3. The van der Waals surface area contributed by atoms with E-state index in [4.69, 9.17) is 11.6 Å². The van der Waals surface area contributed by atoms with Crippen LogP contribution < -0.4 is 10.2 Å². The Balaban J connectivity index is 2.22. The van der Waals surface area contributed by atoms with Crippen molar-refractivity contribution < 1.29 is 4.79 Å². The summed E-state index contributed by atoms with van der Waals surface area (Å²) in [6.45, 7) is 2.01. The van der Waals surface area contributed by atoms with Crippen LogP contribution >= 0.6 is 27.5 Å². The van der Waals surface area contributed by atoms with E-state index < -0.39 is 0 Å². The Labute approximate surface area is 138 Å². The molecule has 0 radical (unpaired) electrons. The monoisotopic (exact) mass is 366 g/mol. The van der Waals surface area contributed by atoms with Crippen LogP contribution in [0.2, 0.25) is 5.02 Å². The number of aryl methyl sites for hydroxylation is 1. The minimum atomic E-state index is -0.218. The lowest BCUT2D eigenvalue weighted by molar-refractivity contribution is 0.102. The summed E-state index contributed by atoms with van der Waals surface area (Å²) in [5, 5.41) is 3.29. The maximum absolute atomic E-state index is 12.3. The zero-order chi connectivity index (χ0) is 15.6. The van der Waals surface area contributed by atoms with Crippen molar-refractivity contribution in [1.29, 1.82) is 0 Å². The van der Waals surface area contributed by atoms with Gasteiger partial charge in [0.1, 0.15) is 0 Å². The van der Waals surface area contributed by atoms with Crippen LogP contribution in [-0.2, 0) is 0 Å². The van der Waals surface area contributed by atoms with Gasteiger partial charge in [0.2, 0.25) is 0 Å². The van der Waals surface area contributed by atoms with Crippen LogP contribution in [0.25, 0.3) is 0 Å². The summed E-state index contributed by atoms with van der Waals surface area (Å²) in [6, 6.07) is 11.0. The molecule has 0 aliphatic heterocycles. The van der Waals surface area contributed by atoms with Gasteiger partial charge in [-0.2, -0.15) is 0 Å². The molecule has 0 saturated heterocycles. The number of amides is 1. The molecule has 0 spiro atoms. The molecule has 1 amide bonds. The number of benzene rings is 2. The average Bonchev–Trinajstić information content (AvgIpc) is 2.37. The van der Waals surface area contributed by atoms with E-state index in [1.807, 2.05) is 44.1 Å². The minimum Gasteiger partial charge on any atom is -0.377 e. The van der Waals surface area contributed by atoms with Crippen molar-refractivity contribution in [3.63, 3.8) is 0 Å². The van der Waals surface area contributed by atoms with E-state index in [0.717, 1.165) is 21.4 Å². The third kappa shape index (κ3) is 3.77. The summed E-state index contributed by atoms with van der Waals surface area (Å²) >= 11 is 9.41. The first-order valence-electron chi connectivity index (χ1n) is 6.43. The Morgan fingerprint density at radius 1 is 1.19 bits per heavy atom. The molecule has 0 fully saturated rings. The van der Waals surface area contributed by atoms with Crippen LogP contribution in [0.3, 0.4) is 0 Å². The maximum atomic E-state index is 12.3. The van der Waals surface area contributed by atoms with Crippen LogP contribution in [0.4, 0.5) is 11.4 Å². The van der Waals surface area contributed by atoms with E-state index in [9.17, 15) is 4.79 Å². The van der Waals surface area contributed by atoms with Gasteiger partial charge in [-0.25, -0.2) is 0 Å². The van der Waals surface area contributed by atoms with Gasteiger partial charge in [-0.15, -0.1) is 0 Å². The van der Waals surface area contributed by atoms with Crippen molar-refractivity contribution in [2.45, 2.75) is 6.92 Å². The van der Waals surface area contributed by atoms with Gasteiger partial charge < -0.3 is 10.2 Å². The van der Waals surface area contributed by atoms with Gasteiger partial charge in [0, 0.05) is 29.9 Å². The molecule has 0 unspecified atom stereocenters. The number of anilines is 2. The summed E-state index contributed by atoms with van der Waals surface area (Å²) in [4.78, 5) is 14.3. The number of nitrogens with one attached hydrogen (secondary N) is 1. The van der Waals surface area contributed by atoms with E-state index in [2.05, 4.69) is 21.2 Å². The first kappa shape index (κ1) is 15.9. The van der Waals surface area contributed by atoms with Crippen LogP contribution in [0.15, 0.2) is 40.9 Å². The van der Waals surface area contributed by atoms with E-state index in [1.165, 1.54) is 0 Å². The highest BCUT2D eigenvalue weighted by Crippen LogP contribution is 2.24. The van der Waals surface area contributed by atoms with Crippen molar-refractivity contribution in [2.24, 2.45) is 0 Å².